The van der Waals surface area contributed by atoms with Crippen molar-refractivity contribution in [3.05, 3.63) is 0 Å². The number of thioether (sulfide) groups is 1. The smallest absolute Gasteiger partial charge is 0.000489 e. The first-order valence-corrected chi connectivity index (χ1v) is 6.27. The van der Waals surface area contributed by atoms with E-state index in [1.807, 2.05) is 11.8 Å². The Kier molecular flexibility index (Phi) is 6.96. The van der Waals surface area contributed by atoms with E-state index < -0.39 is 0 Å². The molecule has 0 spiro atoms. The van der Waals surface area contributed by atoms with Gasteiger partial charge in [-0.05, 0) is 43.7 Å². The Morgan fingerprint density at radius 3 is 2.17 bits per heavy atom. The van der Waals surface area contributed by atoms with Gasteiger partial charge in [-0.3, -0.25) is 0 Å². The lowest BCUT2D eigenvalue weighted by molar-refractivity contribution is 0.247. The van der Waals surface area contributed by atoms with E-state index in [-0.39, 0.29) is 0 Å². The zero-order valence-electron chi connectivity index (χ0n) is 8.94. The summed E-state index contributed by atoms with van der Waals surface area (Å²) in [6.45, 7) is 5.78. The Morgan fingerprint density at radius 1 is 1.25 bits per heavy atom. The molecule has 0 aromatic rings. The monoisotopic (exact) mass is 189 g/mol. The van der Waals surface area contributed by atoms with E-state index in [0.717, 1.165) is 0 Å². The third kappa shape index (κ3) is 3.81. The number of nitrogens with one attached hydrogen (secondary N) is 1. The van der Waals surface area contributed by atoms with E-state index in [2.05, 4.69) is 32.5 Å². The maximum atomic E-state index is 3.31. The largest absolute Gasteiger partial charge is 0.319 e. The van der Waals surface area contributed by atoms with Crippen molar-refractivity contribution in [1.82, 2.24) is 5.32 Å². The molecule has 0 aliphatic rings. The first-order valence-electron chi connectivity index (χ1n) is 4.88. The molecule has 0 radical (unpaired) electrons. The lowest BCUT2D eigenvalue weighted by Crippen LogP contribution is -2.32. The van der Waals surface area contributed by atoms with Crippen LogP contribution in [-0.4, -0.2) is 25.6 Å². The van der Waals surface area contributed by atoms with Crippen molar-refractivity contribution in [3.63, 3.8) is 0 Å². The maximum Gasteiger partial charge on any atom is 0.000489 e. The lowest BCUT2D eigenvalue weighted by atomic mass is 9.80. The van der Waals surface area contributed by atoms with Crippen LogP contribution in [-0.2, 0) is 0 Å². The van der Waals surface area contributed by atoms with Gasteiger partial charge in [-0.2, -0.15) is 11.8 Å². The predicted molar refractivity (Wildman–Crippen MR) is 59.9 cm³/mol. The Morgan fingerprint density at radius 2 is 1.83 bits per heavy atom. The van der Waals surface area contributed by atoms with Gasteiger partial charge in [0, 0.05) is 6.54 Å². The van der Waals surface area contributed by atoms with Gasteiger partial charge in [0.25, 0.3) is 0 Å². The molecule has 12 heavy (non-hydrogen) atoms. The molecule has 0 aliphatic carbocycles. The Hall–Kier alpha value is 0.310. The van der Waals surface area contributed by atoms with Crippen LogP contribution < -0.4 is 5.32 Å². The average molecular weight is 189 g/mol. The highest BCUT2D eigenvalue weighted by molar-refractivity contribution is 7.98. The van der Waals surface area contributed by atoms with Crippen molar-refractivity contribution in [2.24, 2.45) is 5.41 Å². The van der Waals surface area contributed by atoms with E-state index in [9.17, 15) is 0 Å². The predicted octanol–water partition coefficient (Wildman–Crippen LogP) is 2.77. The van der Waals surface area contributed by atoms with Crippen molar-refractivity contribution in [3.8, 4) is 0 Å². The quantitative estimate of drug-likeness (QED) is 0.661. The summed E-state index contributed by atoms with van der Waals surface area (Å²) < 4.78 is 0. The van der Waals surface area contributed by atoms with Crippen LogP contribution >= 0.6 is 11.8 Å². The zero-order valence-corrected chi connectivity index (χ0v) is 9.76. The summed E-state index contributed by atoms with van der Waals surface area (Å²) in [7, 11) is 2.05. The molecule has 0 aromatic carbocycles. The molecular formula is C10H23NS. The molecule has 0 fully saturated rings. The molecule has 0 saturated heterocycles. The van der Waals surface area contributed by atoms with E-state index >= 15 is 0 Å². The SMILES string of the molecule is CCC(CC)(CCSC)CNC. The third-order valence-electron chi connectivity index (χ3n) is 2.89. The van der Waals surface area contributed by atoms with Crippen molar-refractivity contribution in [2.45, 2.75) is 33.1 Å². The molecule has 1 N–H and O–H groups in total. The normalized spacial score (nSPS) is 12.0. The van der Waals surface area contributed by atoms with Crippen LogP contribution in [0.4, 0.5) is 0 Å². The van der Waals surface area contributed by atoms with Crippen LogP contribution in [0.15, 0.2) is 0 Å². The van der Waals surface area contributed by atoms with Crippen molar-refractivity contribution >= 4 is 11.8 Å². The average Bonchev–Trinajstić information content (AvgIpc) is 2.13. The highest BCUT2D eigenvalue weighted by atomic mass is 32.2. The van der Waals surface area contributed by atoms with Crippen LogP contribution in [0.1, 0.15) is 33.1 Å². The standard InChI is InChI=1S/C10H23NS/c1-5-10(6-2,9-11-3)7-8-12-4/h11H,5-9H2,1-4H3. The van der Waals surface area contributed by atoms with E-state index in [1.165, 1.54) is 31.6 Å². The minimum Gasteiger partial charge on any atom is -0.319 e. The molecule has 0 saturated carbocycles. The van der Waals surface area contributed by atoms with Crippen molar-refractivity contribution < 1.29 is 0 Å². The van der Waals surface area contributed by atoms with Gasteiger partial charge < -0.3 is 5.32 Å². The first kappa shape index (κ1) is 12.3. The van der Waals surface area contributed by atoms with Gasteiger partial charge in [0.2, 0.25) is 0 Å². The minimum atomic E-state index is 0.553. The number of rotatable bonds is 7. The Balaban J connectivity index is 3.95. The highest BCUT2D eigenvalue weighted by Gasteiger charge is 2.24. The Labute approximate surface area is 81.7 Å². The van der Waals surface area contributed by atoms with Crippen LogP contribution in [0.25, 0.3) is 0 Å². The van der Waals surface area contributed by atoms with Crippen molar-refractivity contribution in [2.75, 3.05) is 25.6 Å². The van der Waals surface area contributed by atoms with E-state index in [4.69, 9.17) is 0 Å². The maximum absolute atomic E-state index is 3.31. The molecule has 0 atom stereocenters. The molecular weight excluding hydrogens is 166 g/mol. The fraction of sp³-hybridized carbons (Fsp3) is 1.00. The number of hydrogen-bond acceptors (Lipinski definition) is 2. The second-order valence-electron chi connectivity index (χ2n) is 3.48. The summed E-state index contributed by atoms with van der Waals surface area (Å²) in [6, 6.07) is 0. The molecule has 0 aliphatic heterocycles. The summed E-state index contributed by atoms with van der Waals surface area (Å²) in [5.41, 5.74) is 0.553. The molecule has 0 aromatic heterocycles. The van der Waals surface area contributed by atoms with Gasteiger partial charge in [-0.25, -0.2) is 0 Å². The van der Waals surface area contributed by atoms with Crippen LogP contribution in [0.5, 0.6) is 0 Å². The van der Waals surface area contributed by atoms with Crippen LogP contribution in [0.3, 0.4) is 0 Å². The summed E-state index contributed by atoms with van der Waals surface area (Å²) in [5, 5.41) is 3.31. The summed E-state index contributed by atoms with van der Waals surface area (Å²) in [5.74, 6) is 1.30. The van der Waals surface area contributed by atoms with Crippen molar-refractivity contribution in [1.29, 1.82) is 0 Å². The van der Waals surface area contributed by atoms with Gasteiger partial charge in [0.05, 0.1) is 0 Å². The minimum absolute atomic E-state index is 0.553. The molecule has 0 unspecified atom stereocenters. The third-order valence-corrected chi connectivity index (χ3v) is 3.50. The summed E-state index contributed by atoms with van der Waals surface area (Å²) >= 11 is 1.96. The number of hydrogen-bond donors (Lipinski definition) is 1. The molecule has 0 rings (SSSR count). The van der Waals surface area contributed by atoms with Gasteiger partial charge in [-0.15, -0.1) is 0 Å². The summed E-state index contributed by atoms with van der Waals surface area (Å²) in [4.78, 5) is 0. The van der Waals surface area contributed by atoms with Gasteiger partial charge in [0.15, 0.2) is 0 Å². The molecule has 0 heterocycles. The molecule has 2 heteroatoms. The Bertz CT molecular complexity index is 100. The fourth-order valence-electron chi connectivity index (χ4n) is 1.64. The molecule has 1 nitrogen and oxygen atoms in total. The molecule has 0 bridgehead atoms. The van der Waals surface area contributed by atoms with Gasteiger partial charge >= 0.3 is 0 Å². The van der Waals surface area contributed by atoms with Gasteiger partial charge in [0.1, 0.15) is 0 Å². The van der Waals surface area contributed by atoms with Crippen LogP contribution in [0, 0.1) is 5.41 Å². The zero-order chi connectivity index (χ0) is 9.45. The second-order valence-corrected chi connectivity index (χ2v) is 4.47. The fourth-order valence-corrected chi connectivity index (χ4v) is 2.27. The van der Waals surface area contributed by atoms with E-state index in [1.54, 1.807) is 0 Å². The van der Waals surface area contributed by atoms with Gasteiger partial charge in [-0.1, -0.05) is 13.8 Å². The second kappa shape index (κ2) is 6.79. The van der Waals surface area contributed by atoms with E-state index in [0.29, 0.717) is 5.41 Å². The lowest BCUT2D eigenvalue weighted by Gasteiger charge is -2.31. The van der Waals surface area contributed by atoms with Crippen LogP contribution in [0.2, 0.25) is 0 Å². The topological polar surface area (TPSA) is 12.0 Å². The molecule has 0 amide bonds. The molecule has 74 valence electrons. The highest BCUT2D eigenvalue weighted by Crippen LogP contribution is 2.30. The first-order chi connectivity index (χ1) is 5.74. The summed E-state index contributed by atoms with van der Waals surface area (Å²) in [6.07, 6.45) is 6.13.